The molecule has 0 aromatic heterocycles. The van der Waals surface area contributed by atoms with Gasteiger partial charge in [-0.05, 0) is 220 Å². The van der Waals surface area contributed by atoms with Crippen LogP contribution in [0.5, 0.6) is 34.5 Å². The van der Waals surface area contributed by atoms with Crippen LogP contribution in [0.1, 0.15) is 267 Å². The zero-order valence-corrected chi connectivity index (χ0v) is 73.4. The van der Waals surface area contributed by atoms with Crippen molar-refractivity contribution in [2.24, 2.45) is 0 Å². The maximum Gasteiger partial charge on any atom is 0.369 e. The zero-order chi connectivity index (χ0) is 78.3. The first-order valence-corrected chi connectivity index (χ1v) is 45.2. The molecule has 0 aliphatic rings. The van der Waals surface area contributed by atoms with Crippen molar-refractivity contribution in [3.63, 3.8) is 0 Å². The van der Waals surface area contributed by atoms with Crippen molar-refractivity contribution in [3.8, 4) is 79.0 Å². The van der Waals surface area contributed by atoms with Crippen molar-refractivity contribution in [1.82, 2.24) is 0 Å². The summed E-state index contributed by atoms with van der Waals surface area (Å²) in [5, 5.41) is 53.6. The summed E-state index contributed by atoms with van der Waals surface area (Å²) in [5.74, 6) is 1.70. The quantitative estimate of drug-likeness (QED) is 0.0132. The first-order chi connectivity index (χ1) is 53.0. The number of phenols is 4. The number of hydrogen-bond donors (Lipinski definition) is 4. The Labute approximate surface area is 691 Å². The molecule has 10 rings (SSSR count). The van der Waals surface area contributed by atoms with E-state index >= 15 is 0 Å². The molecule has 10 aromatic rings. The lowest BCUT2D eigenvalue weighted by Gasteiger charge is -2.18. The van der Waals surface area contributed by atoms with Gasteiger partial charge >= 0.3 is 3.18 Å². The van der Waals surface area contributed by atoms with E-state index in [1.807, 2.05) is 12.1 Å². The number of fused-ring (bicyclic) bond motifs is 4. The average Bonchev–Trinajstić information content (AvgIpc) is 0.772. The Morgan fingerprint density at radius 1 is 0.266 bits per heavy atom. The molecule has 4 N–H and O–H groups in total. The van der Waals surface area contributed by atoms with E-state index in [2.05, 4.69) is 198 Å². The number of alkyl halides is 2. The molecule has 0 saturated heterocycles. The van der Waals surface area contributed by atoms with Gasteiger partial charge in [0.15, 0.2) is 0 Å². The largest absolute Gasteiger partial charge is 0.507 e. The normalized spacial score (nSPS) is 11.2. The van der Waals surface area contributed by atoms with Crippen molar-refractivity contribution in [2.45, 2.75) is 273 Å². The lowest BCUT2D eigenvalue weighted by atomic mass is 9.90. The molecule has 0 unspecified atom stereocenters. The third-order valence-electron chi connectivity index (χ3n) is 21.6. The second-order valence-corrected chi connectivity index (χ2v) is 37.4. The SMILES string of the molecule is BrB(Br)Br.CCCCCCCCCCc1ccc2cc(-c3cc(C)c(-c4cc5ccc(CCCCCCCCCC)cc5cc4OC)cc3OC)c(C)cc2c1.CCCCCCCCCCc1ccc2cc(-c3cc(O)c(-c4cc5ccc(CCCCCCCCCC)cc5cc4O)cc3O)c(O)cc2c1.ClCCl. The van der Waals surface area contributed by atoms with Crippen LogP contribution in [0.15, 0.2) is 146 Å². The molecule has 0 radical (unpaired) electrons. The number of ether oxygens (including phenoxy) is 2. The standard InChI is InChI=1S/C50H66O2.C46H58O4.CH2Cl2.BBr3/c1-7-9-11-13-15-17-19-21-23-39-25-27-41-33-45(37(3)29-43(41)31-39)47-30-38(4)46(36-50(47)52-6)48-34-42-28-26-40(32-44(42)35-49(48)51-5)24-22-20-18-16-14-12-10-8-2;1-3-5-7-9-11-13-15-17-19-33-21-23-35-27-39(43(47)29-37(35)25-33)41-31-46(50)42(32-45(41)49)40-28-36-24-22-34(26-38(36)30-44(40)48)20-18-16-14-12-10-8-6-4-2;2-1-3;2-1(3)4/h25-36H,7-24H2,1-6H3;21-32,47-50H,3-20H2,1-2H3;1H2;. The molecule has 0 aliphatic heterocycles. The van der Waals surface area contributed by atoms with Crippen molar-refractivity contribution < 1.29 is 29.9 Å². The topological polar surface area (TPSA) is 99.4 Å². The first kappa shape index (κ1) is 90.3. The van der Waals surface area contributed by atoms with Crippen LogP contribution in [0.25, 0.3) is 87.6 Å². The van der Waals surface area contributed by atoms with Crippen molar-refractivity contribution in [2.75, 3.05) is 19.6 Å². The van der Waals surface area contributed by atoms with Gasteiger partial charge in [-0.1, -0.05) is 286 Å². The van der Waals surface area contributed by atoms with Gasteiger partial charge in [0.05, 0.1) is 19.6 Å². The summed E-state index contributed by atoms with van der Waals surface area (Å²) >= 11 is 18.8. The Bertz CT molecular complexity index is 4230. The van der Waals surface area contributed by atoms with Gasteiger partial charge < -0.3 is 29.9 Å². The fraction of sp³-hybridized carbons (Fsp3) is 0.464. The molecule has 0 amide bonds. The summed E-state index contributed by atoms with van der Waals surface area (Å²) in [7, 11) is 3.58. The van der Waals surface area contributed by atoms with Crippen LogP contribution in [-0.4, -0.2) is 43.2 Å². The summed E-state index contributed by atoms with van der Waals surface area (Å²) < 4.78 is 12.4. The molecule has 0 atom stereocenters. The van der Waals surface area contributed by atoms with Gasteiger partial charge in [0.2, 0.25) is 0 Å². The molecule has 0 spiro atoms. The van der Waals surface area contributed by atoms with Crippen LogP contribution in [0.4, 0.5) is 0 Å². The van der Waals surface area contributed by atoms with E-state index in [1.54, 1.807) is 26.4 Å². The molecular formula is C97H126BBr3Cl2O6. The van der Waals surface area contributed by atoms with Crippen molar-refractivity contribution in [3.05, 3.63) is 179 Å². The molecule has 6 nitrogen and oxygen atoms in total. The highest BCUT2D eigenvalue weighted by molar-refractivity contribution is 9.69. The summed E-state index contributed by atoms with van der Waals surface area (Å²) in [6, 6.07) is 50.6. The zero-order valence-electron chi connectivity index (χ0n) is 67.1. The Morgan fingerprint density at radius 3 is 0.817 bits per heavy atom. The fourth-order valence-electron chi connectivity index (χ4n) is 15.4. The second-order valence-electron chi connectivity index (χ2n) is 30.2. The number of aromatic hydroxyl groups is 4. The Morgan fingerprint density at radius 2 is 0.495 bits per heavy atom. The molecule has 0 fully saturated rings. The van der Waals surface area contributed by atoms with E-state index in [4.69, 9.17) is 32.7 Å². The number of halogens is 5. The first-order valence-electron chi connectivity index (χ1n) is 41.4. The number of rotatable bonds is 42. The smallest absolute Gasteiger partial charge is 0.369 e. The predicted molar refractivity (Wildman–Crippen MR) is 488 cm³/mol. The van der Waals surface area contributed by atoms with E-state index in [-0.39, 0.29) is 31.5 Å². The van der Waals surface area contributed by atoms with Crippen LogP contribution >= 0.6 is 70.5 Å². The van der Waals surface area contributed by atoms with E-state index in [0.717, 1.165) is 81.8 Å². The highest BCUT2D eigenvalue weighted by atomic mass is 79.9. The van der Waals surface area contributed by atoms with E-state index in [1.165, 1.54) is 272 Å². The minimum atomic E-state index is -0.0843. The number of benzene rings is 10. The minimum absolute atomic E-state index is 0.0421. The number of aryl methyl sites for hydroxylation is 6. The molecule has 12 heteroatoms. The Kier molecular flexibility index (Phi) is 41.7. The maximum absolute atomic E-state index is 11.2. The molecule has 0 heterocycles. The summed E-state index contributed by atoms with van der Waals surface area (Å²) in [5.41, 5.74) is 14.0. The van der Waals surface area contributed by atoms with Gasteiger partial charge in [0.25, 0.3) is 0 Å². The van der Waals surface area contributed by atoms with Gasteiger partial charge in [-0.2, -0.15) is 0 Å². The Hall–Kier alpha value is -5.88. The van der Waals surface area contributed by atoms with Gasteiger partial charge in [-0.3, -0.25) is 0 Å². The molecule has 0 bridgehead atoms. The fourth-order valence-corrected chi connectivity index (χ4v) is 15.4. The average molecular weight is 1710 g/mol. The molecule has 588 valence electrons. The molecule has 0 aliphatic carbocycles. The number of methoxy groups -OCH3 is 2. The Balaban J connectivity index is 0.000000280. The summed E-state index contributed by atoms with van der Waals surface area (Å²) in [6.45, 7) is 13.5. The second kappa shape index (κ2) is 50.3. The van der Waals surface area contributed by atoms with Gasteiger partial charge in [-0.15, -0.1) is 70.5 Å². The lowest BCUT2D eigenvalue weighted by molar-refractivity contribution is 0.415. The summed E-state index contributed by atoms with van der Waals surface area (Å²) in [4.78, 5) is 0. The molecule has 0 saturated carbocycles. The van der Waals surface area contributed by atoms with E-state index in [9.17, 15) is 20.4 Å². The van der Waals surface area contributed by atoms with Gasteiger partial charge in [-0.25, -0.2) is 0 Å². The van der Waals surface area contributed by atoms with Crippen LogP contribution < -0.4 is 9.47 Å². The van der Waals surface area contributed by atoms with Crippen LogP contribution in [0.3, 0.4) is 0 Å². The molecule has 109 heavy (non-hydrogen) atoms. The van der Waals surface area contributed by atoms with Crippen molar-refractivity contribution in [1.29, 1.82) is 0 Å². The van der Waals surface area contributed by atoms with Crippen LogP contribution in [0, 0.1) is 13.8 Å². The van der Waals surface area contributed by atoms with Crippen molar-refractivity contribution >= 4 is 117 Å². The van der Waals surface area contributed by atoms with Crippen LogP contribution in [0.2, 0.25) is 0 Å². The third-order valence-corrected chi connectivity index (χ3v) is 21.6. The molecule has 10 aromatic carbocycles. The van der Waals surface area contributed by atoms with E-state index < -0.39 is 0 Å². The number of hydrogen-bond acceptors (Lipinski definition) is 6. The number of phenolic OH excluding ortho intramolecular Hbond substituents is 4. The lowest BCUT2D eigenvalue weighted by Crippen LogP contribution is -1.96. The highest BCUT2D eigenvalue weighted by Crippen LogP contribution is 2.48. The monoisotopic (exact) mass is 1700 g/mol. The highest BCUT2D eigenvalue weighted by Gasteiger charge is 2.21. The third kappa shape index (κ3) is 29.6. The maximum atomic E-state index is 11.2. The van der Waals surface area contributed by atoms with E-state index in [0.29, 0.717) is 22.3 Å². The summed E-state index contributed by atoms with van der Waals surface area (Å²) in [6.07, 6.45) is 46.7. The van der Waals surface area contributed by atoms with Gasteiger partial charge in [0, 0.05) is 33.4 Å². The van der Waals surface area contributed by atoms with Gasteiger partial charge in [0.1, 0.15) is 34.5 Å². The number of unbranched alkanes of at least 4 members (excludes halogenated alkanes) is 28. The minimum Gasteiger partial charge on any atom is -0.507 e. The molecular weight excluding hydrogens is 1580 g/mol. The predicted octanol–water partition coefficient (Wildman–Crippen LogP) is 32.4. The van der Waals surface area contributed by atoms with Crippen LogP contribution in [-0.2, 0) is 25.7 Å².